The van der Waals surface area contributed by atoms with Crippen molar-refractivity contribution in [2.75, 3.05) is 6.54 Å². The SMILES string of the molecule is O=C(N[C@H]1C[C@H]2CC[C@H]1O2)N1CCn2c(nnc2-c2ccccc2)C1. The molecule has 1 aromatic carbocycles. The molecule has 3 aliphatic heterocycles. The van der Waals surface area contributed by atoms with Crippen molar-refractivity contribution in [3.05, 3.63) is 36.2 Å². The Hall–Kier alpha value is -2.41. The normalized spacial score (nSPS) is 27.4. The number of ether oxygens (including phenoxy) is 1. The average Bonchev–Trinajstić information content (AvgIpc) is 3.37. The number of aromatic nitrogens is 3. The molecule has 7 heteroatoms. The summed E-state index contributed by atoms with van der Waals surface area (Å²) in [7, 11) is 0. The van der Waals surface area contributed by atoms with E-state index >= 15 is 0 Å². The maximum absolute atomic E-state index is 12.6. The van der Waals surface area contributed by atoms with Crippen LogP contribution in [0, 0.1) is 0 Å². The lowest BCUT2D eigenvalue weighted by atomic mass is 9.96. The molecule has 5 rings (SSSR count). The van der Waals surface area contributed by atoms with Gasteiger partial charge in [-0.3, -0.25) is 0 Å². The molecule has 1 aromatic heterocycles. The average molecular weight is 339 g/mol. The lowest BCUT2D eigenvalue weighted by molar-refractivity contribution is 0.0965. The Morgan fingerprint density at radius 3 is 2.80 bits per heavy atom. The third-order valence-corrected chi connectivity index (χ3v) is 5.49. The number of hydrogen-bond donors (Lipinski definition) is 1. The standard InChI is InChI=1S/C18H21N5O2/c24-18(19-14-10-13-6-7-15(14)25-13)22-8-9-23-16(11-22)20-21-17(23)12-4-2-1-3-5-12/h1-5,13-15H,6-11H2,(H,19,24)/t13-,14+,15-/m1/s1. The second-order valence-electron chi connectivity index (χ2n) is 7.04. The maximum atomic E-state index is 12.6. The Morgan fingerprint density at radius 2 is 2.04 bits per heavy atom. The Bertz CT molecular complexity index is 790. The molecule has 0 spiro atoms. The minimum Gasteiger partial charge on any atom is -0.373 e. The molecule has 0 aliphatic carbocycles. The highest BCUT2D eigenvalue weighted by Gasteiger charge is 2.42. The van der Waals surface area contributed by atoms with Gasteiger partial charge in [0, 0.05) is 18.7 Å². The summed E-state index contributed by atoms with van der Waals surface area (Å²) in [5, 5.41) is 11.8. The third kappa shape index (κ3) is 2.59. The minimum absolute atomic E-state index is 0.0170. The van der Waals surface area contributed by atoms with Crippen LogP contribution in [-0.2, 0) is 17.8 Å². The van der Waals surface area contributed by atoms with Gasteiger partial charge in [-0.2, -0.15) is 0 Å². The van der Waals surface area contributed by atoms with Gasteiger partial charge in [-0.1, -0.05) is 30.3 Å². The fourth-order valence-electron chi connectivity index (χ4n) is 4.17. The molecule has 4 heterocycles. The van der Waals surface area contributed by atoms with Crippen LogP contribution in [0.4, 0.5) is 4.79 Å². The van der Waals surface area contributed by atoms with E-state index in [1.807, 2.05) is 35.2 Å². The van der Waals surface area contributed by atoms with Crippen molar-refractivity contribution in [3.8, 4) is 11.4 Å². The van der Waals surface area contributed by atoms with Crippen LogP contribution >= 0.6 is 0 Å². The molecule has 2 fully saturated rings. The summed E-state index contributed by atoms with van der Waals surface area (Å²) in [6.45, 7) is 1.87. The number of carbonyl (C=O) groups excluding carboxylic acids is 1. The fourth-order valence-corrected chi connectivity index (χ4v) is 4.17. The minimum atomic E-state index is -0.0170. The van der Waals surface area contributed by atoms with Gasteiger partial charge in [0.25, 0.3) is 0 Å². The van der Waals surface area contributed by atoms with Crippen LogP contribution in [0.15, 0.2) is 30.3 Å². The molecule has 0 saturated carbocycles. The zero-order chi connectivity index (χ0) is 16.8. The van der Waals surface area contributed by atoms with E-state index in [0.29, 0.717) is 25.7 Å². The Morgan fingerprint density at radius 1 is 1.16 bits per heavy atom. The molecular weight excluding hydrogens is 318 g/mol. The van der Waals surface area contributed by atoms with Crippen molar-refractivity contribution in [2.45, 2.75) is 50.6 Å². The van der Waals surface area contributed by atoms with Crippen LogP contribution < -0.4 is 5.32 Å². The third-order valence-electron chi connectivity index (χ3n) is 5.49. The van der Waals surface area contributed by atoms with E-state index in [9.17, 15) is 4.79 Å². The van der Waals surface area contributed by atoms with E-state index in [-0.39, 0.29) is 18.2 Å². The first-order valence-corrected chi connectivity index (χ1v) is 8.96. The van der Waals surface area contributed by atoms with Crippen LogP contribution in [0.1, 0.15) is 25.1 Å². The van der Waals surface area contributed by atoms with Gasteiger partial charge in [0.05, 0.1) is 24.8 Å². The van der Waals surface area contributed by atoms with Crippen molar-refractivity contribution in [1.82, 2.24) is 25.0 Å². The van der Waals surface area contributed by atoms with Gasteiger partial charge in [-0.25, -0.2) is 4.79 Å². The van der Waals surface area contributed by atoms with Gasteiger partial charge < -0.3 is 19.5 Å². The Balaban J connectivity index is 1.28. The molecule has 2 saturated heterocycles. The van der Waals surface area contributed by atoms with Gasteiger partial charge in [-0.05, 0) is 19.3 Å². The van der Waals surface area contributed by atoms with Crippen LogP contribution in [-0.4, -0.2) is 50.5 Å². The number of nitrogens with one attached hydrogen (secondary N) is 1. The molecule has 2 aromatic rings. The predicted octanol–water partition coefficient (Wildman–Crippen LogP) is 1.79. The first-order chi connectivity index (χ1) is 12.3. The van der Waals surface area contributed by atoms with Crippen LogP contribution in [0.5, 0.6) is 0 Å². The number of benzene rings is 1. The molecule has 7 nitrogen and oxygen atoms in total. The highest BCUT2D eigenvalue weighted by molar-refractivity contribution is 5.74. The summed E-state index contributed by atoms with van der Waals surface area (Å²) in [5.74, 6) is 1.71. The molecule has 3 atom stereocenters. The second-order valence-corrected chi connectivity index (χ2v) is 7.04. The predicted molar refractivity (Wildman–Crippen MR) is 90.7 cm³/mol. The van der Waals surface area contributed by atoms with Crippen LogP contribution in [0.25, 0.3) is 11.4 Å². The number of amides is 2. The number of urea groups is 1. The summed E-state index contributed by atoms with van der Waals surface area (Å²) in [6, 6.07) is 10.2. The fraction of sp³-hybridized carbons (Fsp3) is 0.500. The van der Waals surface area contributed by atoms with E-state index < -0.39 is 0 Å². The van der Waals surface area contributed by atoms with E-state index in [4.69, 9.17) is 4.74 Å². The van der Waals surface area contributed by atoms with Crippen molar-refractivity contribution < 1.29 is 9.53 Å². The first kappa shape index (κ1) is 14.9. The first-order valence-electron chi connectivity index (χ1n) is 8.96. The summed E-state index contributed by atoms with van der Waals surface area (Å²) in [6.07, 6.45) is 3.68. The van der Waals surface area contributed by atoms with Gasteiger partial charge in [0.2, 0.25) is 0 Å². The van der Waals surface area contributed by atoms with E-state index in [1.54, 1.807) is 0 Å². The maximum Gasteiger partial charge on any atom is 0.318 e. The summed E-state index contributed by atoms with van der Waals surface area (Å²) < 4.78 is 7.93. The van der Waals surface area contributed by atoms with Crippen molar-refractivity contribution >= 4 is 6.03 Å². The van der Waals surface area contributed by atoms with Gasteiger partial charge in [-0.15, -0.1) is 10.2 Å². The van der Waals surface area contributed by atoms with Crippen LogP contribution in [0.2, 0.25) is 0 Å². The number of carbonyl (C=O) groups is 1. The molecule has 2 bridgehead atoms. The molecule has 0 radical (unpaired) electrons. The topological polar surface area (TPSA) is 72.3 Å². The van der Waals surface area contributed by atoms with Gasteiger partial charge in [0.1, 0.15) is 0 Å². The number of hydrogen-bond acceptors (Lipinski definition) is 4. The quantitative estimate of drug-likeness (QED) is 0.905. The summed E-state index contributed by atoms with van der Waals surface area (Å²) in [5.41, 5.74) is 1.05. The van der Waals surface area contributed by atoms with E-state index in [0.717, 1.165) is 36.5 Å². The molecule has 0 unspecified atom stereocenters. The lowest BCUT2D eigenvalue weighted by Gasteiger charge is -2.30. The molecule has 3 aliphatic rings. The number of rotatable bonds is 2. The number of nitrogens with zero attached hydrogens (tertiary/aromatic N) is 4. The van der Waals surface area contributed by atoms with E-state index in [2.05, 4.69) is 20.1 Å². The zero-order valence-corrected chi connectivity index (χ0v) is 14.0. The second kappa shape index (κ2) is 5.84. The van der Waals surface area contributed by atoms with Gasteiger partial charge in [0.15, 0.2) is 11.6 Å². The Labute approximate surface area is 146 Å². The Kier molecular flexibility index (Phi) is 3.48. The highest BCUT2D eigenvalue weighted by Crippen LogP contribution is 2.34. The lowest BCUT2D eigenvalue weighted by Crippen LogP contribution is -2.50. The smallest absolute Gasteiger partial charge is 0.318 e. The van der Waals surface area contributed by atoms with E-state index in [1.165, 1.54) is 0 Å². The molecule has 2 amide bonds. The zero-order valence-electron chi connectivity index (χ0n) is 14.0. The van der Waals surface area contributed by atoms with Gasteiger partial charge >= 0.3 is 6.03 Å². The van der Waals surface area contributed by atoms with Crippen molar-refractivity contribution in [1.29, 1.82) is 0 Å². The summed E-state index contributed by atoms with van der Waals surface area (Å²) in [4.78, 5) is 14.4. The monoisotopic (exact) mass is 339 g/mol. The van der Waals surface area contributed by atoms with Crippen molar-refractivity contribution in [2.24, 2.45) is 0 Å². The largest absolute Gasteiger partial charge is 0.373 e. The molecule has 1 N–H and O–H groups in total. The van der Waals surface area contributed by atoms with Crippen LogP contribution in [0.3, 0.4) is 0 Å². The summed E-state index contributed by atoms with van der Waals surface area (Å²) >= 11 is 0. The number of fused-ring (bicyclic) bond motifs is 3. The highest BCUT2D eigenvalue weighted by atomic mass is 16.5. The van der Waals surface area contributed by atoms with Crippen molar-refractivity contribution in [3.63, 3.8) is 0 Å². The molecule has 130 valence electrons. The molecule has 25 heavy (non-hydrogen) atoms. The molecular formula is C18H21N5O2.